The van der Waals surface area contributed by atoms with E-state index in [4.69, 9.17) is 0 Å². The second kappa shape index (κ2) is 10.4. The van der Waals surface area contributed by atoms with Crippen LogP contribution >= 0.6 is 0 Å². The number of rotatable bonds is 7. The summed E-state index contributed by atoms with van der Waals surface area (Å²) in [6.07, 6.45) is 4.74. The second-order valence-corrected chi connectivity index (χ2v) is 8.93. The fourth-order valence-electron chi connectivity index (χ4n) is 4.93. The first kappa shape index (κ1) is 21.9. The van der Waals surface area contributed by atoms with Crippen LogP contribution in [0.5, 0.6) is 0 Å². The van der Waals surface area contributed by atoms with E-state index in [1.807, 2.05) is 30.1 Å². The molecule has 2 aliphatic rings. The van der Waals surface area contributed by atoms with Crippen LogP contribution in [0.4, 0.5) is 0 Å². The Kier molecular flexibility index (Phi) is 7.33. The summed E-state index contributed by atoms with van der Waals surface area (Å²) in [6, 6.07) is 16.6. The average molecular weight is 423 g/mol. The normalized spacial score (nSPS) is 23.2. The number of β-amino-alcohol motifs (C(OH)–C–C–N with tert-alkyl or cyclic N) is 1. The summed E-state index contributed by atoms with van der Waals surface area (Å²) in [6.45, 7) is 4.29. The van der Waals surface area contributed by atoms with Crippen molar-refractivity contribution >= 4 is 5.91 Å². The van der Waals surface area contributed by atoms with E-state index >= 15 is 0 Å². The zero-order chi connectivity index (χ0) is 21.6. The molecule has 1 aromatic carbocycles. The Balaban J connectivity index is 1.30. The van der Waals surface area contributed by atoms with Crippen LogP contribution in [0.2, 0.25) is 0 Å². The minimum atomic E-state index is -0.416. The number of carbonyl (C=O) groups is 1. The maximum atomic E-state index is 13.2. The van der Waals surface area contributed by atoms with Gasteiger partial charge in [0, 0.05) is 51.0 Å². The maximum absolute atomic E-state index is 13.2. The summed E-state index contributed by atoms with van der Waals surface area (Å²) in [4.78, 5) is 24.2. The molecule has 0 bridgehead atoms. The molecule has 0 spiro atoms. The number of nitrogens with zero attached hydrogens (tertiary/aromatic N) is 4. The molecule has 2 aliphatic heterocycles. The smallest absolute Gasteiger partial charge is 0.239 e. The molecule has 1 amide bonds. The molecule has 0 radical (unpaired) electrons. The summed E-state index contributed by atoms with van der Waals surface area (Å²) in [5.41, 5.74) is 2.34. The Hall–Kier alpha value is -2.28. The van der Waals surface area contributed by atoms with Gasteiger partial charge in [-0.3, -0.25) is 19.6 Å². The van der Waals surface area contributed by atoms with E-state index in [0.29, 0.717) is 25.6 Å². The number of pyridine rings is 1. The summed E-state index contributed by atoms with van der Waals surface area (Å²) < 4.78 is 0. The number of amides is 1. The van der Waals surface area contributed by atoms with Crippen molar-refractivity contribution in [2.24, 2.45) is 0 Å². The van der Waals surface area contributed by atoms with E-state index in [1.165, 1.54) is 5.56 Å². The number of benzene rings is 1. The standard InChI is InChI=1S/C25H34N4O2/c1-27(14-10-21-9-5-6-13-26-21)25(31)24-17-23(30)19-29(24)22-11-15-28(16-12-22)18-20-7-3-2-4-8-20/h2-9,13,22-24,30H,10-12,14-19H2,1H3/t23-,24+/m1/s1. The molecule has 6 heteroatoms. The van der Waals surface area contributed by atoms with E-state index in [0.717, 1.165) is 44.6 Å². The van der Waals surface area contributed by atoms with Crippen LogP contribution in [0, 0.1) is 0 Å². The number of hydrogen-bond donors (Lipinski definition) is 1. The molecule has 166 valence electrons. The Labute approximate surface area is 185 Å². The lowest BCUT2D eigenvalue weighted by atomic mass is 10.0. The molecule has 0 unspecified atom stereocenters. The third kappa shape index (κ3) is 5.70. The van der Waals surface area contributed by atoms with Crippen molar-refractivity contribution in [3.8, 4) is 0 Å². The third-order valence-electron chi connectivity index (χ3n) is 6.68. The summed E-state index contributed by atoms with van der Waals surface area (Å²) in [7, 11) is 1.87. The van der Waals surface area contributed by atoms with Gasteiger partial charge < -0.3 is 10.0 Å². The van der Waals surface area contributed by atoms with Crippen molar-refractivity contribution in [1.82, 2.24) is 19.7 Å². The number of hydrogen-bond acceptors (Lipinski definition) is 5. The monoisotopic (exact) mass is 422 g/mol. The molecule has 31 heavy (non-hydrogen) atoms. The summed E-state index contributed by atoms with van der Waals surface area (Å²) >= 11 is 0. The van der Waals surface area contributed by atoms with Crippen LogP contribution in [0.15, 0.2) is 54.7 Å². The number of carbonyl (C=O) groups excluding carboxylic acids is 1. The molecule has 2 atom stereocenters. The van der Waals surface area contributed by atoms with E-state index in [-0.39, 0.29) is 11.9 Å². The third-order valence-corrected chi connectivity index (χ3v) is 6.68. The van der Waals surface area contributed by atoms with Crippen molar-refractivity contribution in [2.45, 2.75) is 50.4 Å². The molecule has 0 aliphatic carbocycles. The van der Waals surface area contributed by atoms with E-state index < -0.39 is 6.10 Å². The first-order valence-electron chi connectivity index (χ1n) is 11.4. The number of likely N-dealkylation sites (tertiary alicyclic amines) is 2. The quantitative estimate of drug-likeness (QED) is 0.741. The number of aromatic nitrogens is 1. The van der Waals surface area contributed by atoms with Gasteiger partial charge in [-0.2, -0.15) is 0 Å². The minimum absolute atomic E-state index is 0.124. The molecule has 0 saturated carbocycles. The SMILES string of the molecule is CN(CCc1ccccn1)C(=O)[C@@H]1C[C@@H](O)CN1C1CCN(Cc2ccccc2)CC1. The van der Waals surface area contributed by atoms with Crippen LogP contribution < -0.4 is 0 Å². The van der Waals surface area contributed by atoms with Crippen LogP contribution in [0.3, 0.4) is 0 Å². The number of piperidine rings is 1. The van der Waals surface area contributed by atoms with Gasteiger partial charge in [0.2, 0.25) is 5.91 Å². The predicted octanol–water partition coefficient (Wildman–Crippen LogP) is 2.18. The topological polar surface area (TPSA) is 59.9 Å². The lowest BCUT2D eigenvalue weighted by molar-refractivity contribution is -0.135. The van der Waals surface area contributed by atoms with Crippen LogP contribution in [-0.2, 0) is 17.8 Å². The summed E-state index contributed by atoms with van der Waals surface area (Å²) in [5, 5.41) is 10.4. The van der Waals surface area contributed by atoms with Gasteiger partial charge in [0.25, 0.3) is 0 Å². The van der Waals surface area contributed by atoms with Gasteiger partial charge in [-0.15, -0.1) is 0 Å². The highest BCUT2D eigenvalue weighted by atomic mass is 16.3. The first-order chi connectivity index (χ1) is 15.1. The maximum Gasteiger partial charge on any atom is 0.239 e. The fraction of sp³-hybridized carbons (Fsp3) is 0.520. The molecular formula is C25H34N4O2. The van der Waals surface area contributed by atoms with Gasteiger partial charge in [0.1, 0.15) is 0 Å². The van der Waals surface area contributed by atoms with Gasteiger partial charge in [0.15, 0.2) is 0 Å². The molecule has 3 heterocycles. The Morgan fingerprint density at radius 2 is 1.87 bits per heavy atom. The Morgan fingerprint density at radius 3 is 2.58 bits per heavy atom. The first-order valence-corrected chi connectivity index (χ1v) is 11.4. The molecular weight excluding hydrogens is 388 g/mol. The molecule has 4 rings (SSSR count). The second-order valence-electron chi connectivity index (χ2n) is 8.93. The van der Waals surface area contributed by atoms with Crippen molar-refractivity contribution in [2.75, 3.05) is 33.2 Å². The van der Waals surface area contributed by atoms with Crippen LogP contribution in [0.1, 0.15) is 30.5 Å². The van der Waals surface area contributed by atoms with E-state index in [9.17, 15) is 9.90 Å². The van der Waals surface area contributed by atoms with Gasteiger partial charge in [-0.1, -0.05) is 36.4 Å². The number of likely N-dealkylation sites (N-methyl/N-ethyl adjacent to an activating group) is 1. The van der Waals surface area contributed by atoms with Crippen LogP contribution in [-0.4, -0.2) is 82.1 Å². The molecule has 6 nitrogen and oxygen atoms in total. The zero-order valence-corrected chi connectivity index (χ0v) is 18.4. The van der Waals surface area contributed by atoms with Crippen molar-refractivity contribution in [3.63, 3.8) is 0 Å². The Bertz CT molecular complexity index is 824. The number of aliphatic hydroxyl groups is 1. The predicted molar refractivity (Wildman–Crippen MR) is 121 cm³/mol. The van der Waals surface area contributed by atoms with Gasteiger partial charge in [-0.05, 0) is 50.0 Å². The van der Waals surface area contributed by atoms with Crippen molar-refractivity contribution in [1.29, 1.82) is 0 Å². The van der Waals surface area contributed by atoms with Crippen molar-refractivity contribution < 1.29 is 9.90 Å². The van der Waals surface area contributed by atoms with Gasteiger partial charge in [-0.25, -0.2) is 0 Å². The zero-order valence-electron chi connectivity index (χ0n) is 18.4. The van der Waals surface area contributed by atoms with E-state index in [1.54, 1.807) is 6.20 Å². The van der Waals surface area contributed by atoms with Crippen molar-refractivity contribution in [3.05, 3.63) is 66.0 Å². The highest BCUT2D eigenvalue weighted by Gasteiger charge is 2.41. The molecule has 2 saturated heterocycles. The highest BCUT2D eigenvalue weighted by molar-refractivity contribution is 5.82. The molecule has 2 aromatic rings. The summed E-state index contributed by atoms with van der Waals surface area (Å²) in [5.74, 6) is 0.124. The minimum Gasteiger partial charge on any atom is -0.392 e. The van der Waals surface area contributed by atoms with Gasteiger partial charge >= 0.3 is 0 Å². The lowest BCUT2D eigenvalue weighted by Gasteiger charge is -2.39. The molecule has 1 aromatic heterocycles. The highest BCUT2D eigenvalue weighted by Crippen LogP contribution is 2.28. The lowest BCUT2D eigenvalue weighted by Crippen LogP contribution is -2.51. The average Bonchev–Trinajstić information content (AvgIpc) is 3.20. The molecule has 2 fully saturated rings. The van der Waals surface area contributed by atoms with Gasteiger partial charge in [0.05, 0.1) is 12.1 Å². The fourth-order valence-corrected chi connectivity index (χ4v) is 4.93. The largest absolute Gasteiger partial charge is 0.392 e. The van der Waals surface area contributed by atoms with E-state index in [2.05, 4.69) is 45.1 Å². The van der Waals surface area contributed by atoms with Crippen LogP contribution in [0.25, 0.3) is 0 Å². The molecule has 1 N–H and O–H groups in total. The Morgan fingerprint density at radius 1 is 1.13 bits per heavy atom. The number of aliphatic hydroxyl groups excluding tert-OH is 1.